The highest BCUT2D eigenvalue weighted by Crippen LogP contribution is 2.40. The Hall–Kier alpha value is -3.72. The molecule has 1 unspecified atom stereocenters. The highest BCUT2D eigenvalue weighted by atomic mass is 35.5. The largest absolute Gasteiger partial charge is 0.493 e. The monoisotopic (exact) mass is 619 g/mol. The van der Waals surface area contributed by atoms with Crippen LogP contribution in [0.2, 0.25) is 10.0 Å². The third-order valence-electron chi connectivity index (χ3n) is 8.11. The van der Waals surface area contributed by atoms with Crippen LogP contribution in [0.1, 0.15) is 29.8 Å². The van der Waals surface area contributed by atoms with E-state index in [1.807, 2.05) is 47.4 Å². The number of aromatic amines is 1. The first kappa shape index (κ1) is 29.4. The van der Waals surface area contributed by atoms with Gasteiger partial charge in [0.05, 0.1) is 6.61 Å². The zero-order valence-electron chi connectivity index (χ0n) is 23.9. The lowest BCUT2D eigenvalue weighted by molar-refractivity contribution is -0.130. The Bertz CT molecular complexity index is 1600. The second-order valence-corrected chi connectivity index (χ2v) is 11.7. The summed E-state index contributed by atoms with van der Waals surface area (Å²) in [6.07, 6.45) is 2.34. The van der Waals surface area contributed by atoms with Crippen molar-refractivity contribution in [3.05, 3.63) is 100 Å². The van der Waals surface area contributed by atoms with Crippen molar-refractivity contribution >= 4 is 46.1 Å². The summed E-state index contributed by atoms with van der Waals surface area (Å²) in [6.45, 7) is 6.65. The van der Waals surface area contributed by atoms with Crippen LogP contribution in [0.5, 0.6) is 11.5 Å². The SMILES string of the molecule is CC(=O)N1CCN(C[CH]COc2ccc(C3c4[nH]c5ccc(Cl)cc5c4CCN3C(=O)Oc3ccc(Cl)cc3)cc2)CC1. The summed E-state index contributed by atoms with van der Waals surface area (Å²) in [6, 6.07) is 20.1. The normalized spacial score (nSPS) is 17.1. The zero-order valence-corrected chi connectivity index (χ0v) is 25.4. The number of aromatic nitrogens is 1. The summed E-state index contributed by atoms with van der Waals surface area (Å²) in [5.74, 6) is 1.31. The molecule has 2 amide bonds. The van der Waals surface area contributed by atoms with E-state index in [-0.39, 0.29) is 11.9 Å². The van der Waals surface area contributed by atoms with Crippen LogP contribution >= 0.6 is 23.2 Å². The van der Waals surface area contributed by atoms with Crippen LogP contribution in [-0.4, -0.2) is 77.6 Å². The summed E-state index contributed by atoms with van der Waals surface area (Å²) in [7, 11) is 0. The fourth-order valence-corrected chi connectivity index (χ4v) is 6.15. The van der Waals surface area contributed by atoms with E-state index in [9.17, 15) is 9.59 Å². The van der Waals surface area contributed by atoms with E-state index in [4.69, 9.17) is 32.7 Å². The molecule has 223 valence electrons. The molecule has 2 aliphatic rings. The molecule has 1 saturated heterocycles. The predicted octanol–water partition coefficient (Wildman–Crippen LogP) is 6.37. The molecule has 1 atom stereocenters. The molecule has 1 aromatic heterocycles. The van der Waals surface area contributed by atoms with Gasteiger partial charge >= 0.3 is 6.09 Å². The molecule has 2 aliphatic heterocycles. The van der Waals surface area contributed by atoms with Crippen LogP contribution in [0, 0.1) is 6.42 Å². The number of carbonyl (C=O) groups is 2. The Labute approximate surface area is 261 Å². The topological polar surface area (TPSA) is 78.1 Å². The van der Waals surface area contributed by atoms with Crippen molar-refractivity contribution in [2.45, 2.75) is 19.4 Å². The Morgan fingerprint density at radius 3 is 2.33 bits per heavy atom. The quantitative estimate of drug-likeness (QED) is 0.243. The standard InChI is InChI=1S/C33H33Cl2N4O4/c1-22(40)38-18-16-37(17-19-38)14-2-20-42-26-8-3-23(4-9-26)32-31-28(29-21-25(35)7-12-30(29)36-31)13-15-39(32)33(41)43-27-10-5-24(34)6-11-27/h2-12,21,32,36H,13-20H2,1H3. The van der Waals surface area contributed by atoms with Gasteiger partial charge in [-0.15, -0.1) is 0 Å². The van der Waals surface area contributed by atoms with Crippen LogP contribution < -0.4 is 9.47 Å². The maximum absolute atomic E-state index is 13.5. The summed E-state index contributed by atoms with van der Waals surface area (Å²) in [5.41, 5.74) is 4.01. The summed E-state index contributed by atoms with van der Waals surface area (Å²) in [4.78, 5) is 34.6. The van der Waals surface area contributed by atoms with Crippen LogP contribution in [-0.2, 0) is 11.2 Å². The van der Waals surface area contributed by atoms with Crippen molar-refractivity contribution < 1.29 is 19.1 Å². The molecule has 0 bridgehead atoms. The Balaban J connectivity index is 1.16. The fraction of sp³-hybridized carbons (Fsp3) is 0.303. The lowest BCUT2D eigenvalue weighted by Crippen LogP contribution is -2.48. The molecule has 3 aromatic carbocycles. The van der Waals surface area contributed by atoms with Gasteiger partial charge in [-0.3, -0.25) is 14.6 Å². The van der Waals surface area contributed by atoms with Gasteiger partial charge in [-0.1, -0.05) is 35.3 Å². The van der Waals surface area contributed by atoms with E-state index in [1.54, 1.807) is 36.1 Å². The maximum Gasteiger partial charge on any atom is 0.416 e. The lowest BCUT2D eigenvalue weighted by Gasteiger charge is -2.35. The van der Waals surface area contributed by atoms with Gasteiger partial charge in [-0.2, -0.15) is 0 Å². The second-order valence-electron chi connectivity index (χ2n) is 10.9. The second kappa shape index (κ2) is 12.9. The first-order valence-corrected chi connectivity index (χ1v) is 15.2. The molecule has 0 saturated carbocycles. The molecule has 1 N–H and O–H groups in total. The van der Waals surface area contributed by atoms with Crippen molar-refractivity contribution in [3.63, 3.8) is 0 Å². The lowest BCUT2D eigenvalue weighted by atomic mass is 9.92. The smallest absolute Gasteiger partial charge is 0.416 e. The number of hydrogen-bond donors (Lipinski definition) is 1. The first-order chi connectivity index (χ1) is 20.9. The van der Waals surface area contributed by atoms with Crippen molar-refractivity contribution in [2.24, 2.45) is 0 Å². The molecule has 6 rings (SSSR count). The van der Waals surface area contributed by atoms with E-state index < -0.39 is 6.09 Å². The minimum Gasteiger partial charge on any atom is -0.493 e. The zero-order chi connectivity index (χ0) is 29.9. The molecular weight excluding hydrogens is 587 g/mol. The molecular formula is C33H33Cl2N4O4. The molecule has 8 nitrogen and oxygen atoms in total. The number of carbonyl (C=O) groups excluding carboxylic acids is 2. The number of halogens is 2. The highest BCUT2D eigenvalue weighted by molar-refractivity contribution is 6.31. The molecule has 1 radical (unpaired) electrons. The van der Waals surface area contributed by atoms with Gasteiger partial charge in [0.2, 0.25) is 5.91 Å². The van der Waals surface area contributed by atoms with Gasteiger partial charge in [-0.25, -0.2) is 4.79 Å². The highest BCUT2D eigenvalue weighted by Gasteiger charge is 2.36. The van der Waals surface area contributed by atoms with Crippen LogP contribution in [0.4, 0.5) is 4.79 Å². The number of nitrogens with zero attached hydrogens (tertiary/aromatic N) is 3. The average molecular weight is 621 g/mol. The maximum atomic E-state index is 13.5. The predicted molar refractivity (Wildman–Crippen MR) is 168 cm³/mol. The number of rotatable bonds is 7. The first-order valence-electron chi connectivity index (χ1n) is 14.4. The molecule has 0 spiro atoms. The number of fused-ring (bicyclic) bond motifs is 3. The van der Waals surface area contributed by atoms with Crippen molar-refractivity contribution in [3.8, 4) is 11.5 Å². The van der Waals surface area contributed by atoms with Gasteiger partial charge < -0.3 is 19.4 Å². The van der Waals surface area contributed by atoms with Crippen molar-refractivity contribution in [2.75, 3.05) is 45.9 Å². The van der Waals surface area contributed by atoms with Gasteiger partial charge in [0.1, 0.15) is 17.5 Å². The third kappa shape index (κ3) is 6.61. The average Bonchev–Trinajstić information content (AvgIpc) is 3.38. The van der Waals surface area contributed by atoms with Gasteiger partial charge in [0.25, 0.3) is 0 Å². The van der Waals surface area contributed by atoms with E-state index in [1.165, 1.54) is 0 Å². The Kier molecular flexibility index (Phi) is 8.79. The van der Waals surface area contributed by atoms with Crippen LogP contribution in [0.3, 0.4) is 0 Å². The molecule has 0 aliphatic carbocycles. The molecule has 3 heterocycles. The van der Waals surface area contributed by atoms with E-state index in [0.717, 1.165) is 66.2 Å². The Morgan fingerprint density at radius 2 is 1.60 bits per heavy atom. The van der Waals surface area contributed by atoms with E-state index in [2.05, 4.69) is 16.3 Å². The number of ether oxygens (including phenoxy) is 2. The fourth-order valence-electron chi connectivity index (χ4n) is 5.85. The number of H-pyrrole nitrogens is 1. The number of amides is 2. The van der Waals surface area contributed by atoms with Gasteiger partial charge in [-0.05, 0) is 72.1 Å². The number of benzene rings is 3. The van der Waals surface area contributed by atoms with Crippen molar-refractivity contribution in [1.29, 1.82) is 0 Å². The number of piperazine rings is 1. The van der Waals surface area contributed by atoms with Gasteiger partial charge in [0, 0.05) is 79.3 Å². The molecule has 1 fully saturated rings. The minimum absolute atomic E-state index is 0.135. The molecule has 10 heteroatoms. The number of hydrogen-bond acceptors (Lipinski definition) is 5. The number of nitrogens with one attached hydrogen (secondary N) is 1. The van der Waals surface area contributed by atoms with Crippen LogP contribution in [0.15, 0.2) is 66.7 Å². The van der Waals surface area contributed by atoms with E-state index >= 15 is 0 Å². The Morgan fingerprint density at radius 1 is 0.907 bits per heavy atom. The van der Waals surface area contributed by atoms with Crippen molar-refractivity contribution in [1.82, 2.24) is 19.7 Å². The summed E-state index contributed by atoms with van der Waals surface area (Å²) < 4.78 is 11.8. The third-order valence-corrected chi connectivity index (χ3v) is 8.60. The summed E-state index contributed by atoms with van der Waals surface area (Å²) >= 11 is 12.4. The molecule has 43 heavy (non-hydrogen) atoms. The minimum atomic E-state index is -0.436. The van der Waals surface area contributed by atoms with Crippen LogP contribution in [0.25, 0.3) is 10.9 Å². The summed E-state index contributed by atoms with van der Waals surface area (Å²) in [5, 5.41) is 2.31. The van der Waals surface area contributed by atoms with E-state index in [0.29, 0.717) is 35.4 Å². The molecule has 4 aromatic rings. The van der Waals surface area contributed by atoms with Gasteiger partial charge in [0.15, 0.2) is 0 Å².